The zero-order valence-corrected chi connectivity index (χ0v) is 8.32. The largest absolute Gasteiger partial charge is 0.327 e. The summed E-state index contributed by atoms with van der Waals surface area (Å²) in [5.41, 5.74) is 2.87. The Hall–Kier alpha value is 0.0969. The van der Waals surface area contributed by atoms with Crippen LogP contribution in [-0.2, 0) is 4.53 Å². The van der Waals surface area contributed by atoms with Gasteiger partial charge in [0, 0.05) is 6.54 Å². The minimum absolute atomic E-state index is 0.863. The summed E-state index contributed by atoms with van der Waals surface area (Å²) in [5, 5.41) is 0. The van der Waals surface area contributed by atoms with E-state index in [1.165, 1.54) is 0 Å². The third-order valence-electron chi connectivity index (χ3n) is 1.07. The molecule has 0 aromatic rings. The Morgan fingerprint density at radius 2 is 1.80 bits per heavy atom. The van der Waals surface area contributed by atoms with E-state index in [1.54, 1.807) is 0 Å². The molecule has 0 amide bonds. The van der Waals surface area contributed by atoms with E-state index < -0.39 is 8.48 Å². The summed E-state index contributed by atoms with van der Waals surface area (Å²) in [5.74, 6) is 0. The molecule has 4 heteroatoms. The lowest BCUT2D eigenvalue weighted by Crippen LogP contribution is -2.50. The molecule has 0 fully saturated rings. The van der Waals surface area contributed by atoms with Gasteiger partial charge in [0.2, 0.25) is 0 Å². The Kier molecular flexibility index (Phi) is 4.89. The first kappa shape index (κ1) is 10.1. The molecule has 0 aliphatic heterocycles. The standard InChI is InChI=1S/C6H18N2OSi/c1-5-7-9-10(3,4)8-6-2/h7-8H,5-6H2,1-4H3. The molecular weight excluding hydrogens is 144 g/mol. The number of rotatable bonds is 5. The van der Waals surface area contributed by atoms with Crippen LogP contribution in [0.3, 0.4) is 0 Å². The molecule has 62 valence electrons. The zero-order chi connectivity index (χ0) is 8.04. The second-order valence-corrected chi connectivity index (χ2v) is 6.22. The van der Waals surface area contributed by atoms with Crippen molar-refractivity contribution >= 4 is 8.48 Å². The van der Waals surface area contributed by atoms with Gasteiger partial charge in [0.15, 0.2) is 0 Å². The Bertz CT molecular complexity index is 87.8. The quantitative estimate of drug-likeness (QED) is 0.464. The molecule has 3 nitrogen and oxygen atoms in total. The fourth-order valence-corrected chi connectivity index (χ4v) is 2.14. The Labute approximate surface area is 64.3 Å². The molecule has 0 spiro atoms. The Morgan fingerprint density at radius 1 is 1.20 bits per heavy atom. The van der Waals surface area contributed by atoms with E-state index >= 15 is 0 Å². The predicted octanol–water partition coefficient (Wildman–Crippen LogP) is 0.839. The van der Waals surface area contributed by atoms with Crippen molar-refractivity contribution in [3.63, 3.8) is 0 Å². The van der Waals surface area contributed by atoms with Crippen LogP contribution in [0, 0.1) is 0 Å². The van der Waals surface area contributed by atoms with Gasteiger partial charge in [0.1, 0.15) is 0 Å². The highest BCUT2D eigenvalue weighted by atomic mass is 28.4. The molecule has 0 aliphatic carbocycles. The van der Waals surface area contributed by atoms with E-state index in [2.05, 4.69) is 30.5 Å². The molecule has 0 aromatic carbocycles. The molecule has 0 aliphatic rings. The second-order valence-electron chi connectivity index (χ2n) is 2.64. The van der Waals surface area contributed by atoms with Gasteiger partial charge in [-0.25, -0.2) is 5.48 Å². The Morgan fingerprint density at radius 3 is 2.20 bits per heavy atom. The van der Waals surface area contributed by atoms with Crippen molar-refractivity contribution in [2.24, 2.45) is 0 Å². The van der Waals surface area contributed by atoms with Crippen molar-refractivity contribution in [1.82, 2.24) is 10.5 Å². The normalized spacial score (nSPS) is 12.0. The van der Waals surface area contributed by atoms with E-state index in [0.717, 1.165) is 13.1 Å². The van der Waals surface area contributed by atoms with Crippen LogP contribution in [0.2, 0.25) is 13.1 Å². The second kappa shape index (κ2) is 4.84. The molecule has 0 heterocycles. The van der Waals surface area contributed by atoms with Gasteiger partial charge in [-0.2, -0.15) is 0 Å². The van der Waals surface area contributed by atoms with Crippen LogP contribution in [-0.4, -0.2) is 21.6 Å². The van der Waals surface area contributed by atoms with Crippen molar-refractivity contribution in [2.45, 2.75) is 26.9 Å². The van der Waals surface area contributed by atoms with Gasteiger partial charge in [-0.3, -0.25) is 0 Å². The van der Waals surface area contributed by atoms with Crippen LogP contribution < -0.4 is 10.5 Å². The van der Waals surface area contributed by atoms with E-state index in [1.807, 2.05) is 6.92 Å². The zero-order valence-electron chi connectivity index (χ0n) is 7.32. The lowest BCUT2D eigenvalue weighted by Gasteiger charge is -2.22. The SMILES string of the molecule is CCNO[Si](C)(C)NCC. The van der Waals surface area contributed by atoms with Crippen LogP contribution in [0.25, 0.3) is 0 Å². The summed E-state index contributed by atoms with van der Waals surface area (Å²) >= 11 is 0. The van der Waals surface area contributed by atoms with Gasteiger partial charge in [0.25, 0.3) is 8.48 Å². The number of hydrogen-bond donors (Lipinski definition) is 2. The van der Waals surface area contributed by atoms with Gasteiger partial charge in [0.05, 0.1) is 0 Å². The maximum absolute atomic E-state index is 5.40. The first-order chi connectivity index (χ1) is 4.62. The lowest BCUT2D eigenvalue weighted by molar-refractivity contribution is 0.185. The maximum Gasteiger partial charge on any atom is 0.286 e. The fourth-order valence-electron chi connectivity index (χ4n) is 0.714. The van der Waals surface area contributed by atoms with Gasteiger partial charge < -0.3 is 9.51 Å². The molecule has 0 aromatic heterocycles. The number of nitrogens with one attached hydrogen (secondary N) is 2. The smallest absolute Gasteiger partial charge is 0.286 e. The number of hydrogen-bond acceptors (Lipinski definition) is 3. The third-order valence-corrected chi connectivity index (χ3v) is 2.93. The molecule has 0 saturated carbocycles. The minimum atomic E-state index is -1.59. The van der Waals surface area contributed by atoms with Crippen LogP contribution in [0.5, 0.6) is 0 Å². The van der Waals surface area contributed by atoms with E-state index in [9.17, 15) is 0 Å². The van der Waals surface area contributed by atoms with Crippen LogP contribution in [0.4, 0.5) is 0 Å². The molecule has 0 atom stereocenters. The molecule has 2 N–H and O–H groups in total. The summed E-state index contributed by atoms with van der Waals surface area (Å²) in [6.07, 6.45) is 0. The van der Waals surface area contributed by atoms with Crippen molar-refractivity contribution in [1.29, 1.82) is 0 Å². The van der Waals surface area contributed by atoms with Gasteiger partial charge in [-0.15, -0.1) is 0 Å². The van der Waals surface area contributed by atoms with Crippen LogP contribution in [0.15, 0.2) is 0 Å². The fraction of sp³-hybridized carbons (Fsp3) is 1.00. The molecule has 0 bridgehead atoms. The van der Waals surface area contributed by atoms with Gasteiger partial charge in [-0.1, -0.05) is 13.8 Å². The number of hydroxylamine groups is 1. The highest BCUT2D eigenvalue weighted by molar-refractivity contribution is 6.68. The van der Waals surface area contributed by atoms with Crippen LogP contribution in [0.1, 0.15) is 13.8 Å². The van der Waals surface area contributed by atoms with Crippen molar-refractivity contribution < 1.29 is 4.53 Å². The highest BCUT2D eigenvalue weighted by Crippen LogP contribution is 1.94. The van der Waals surface area contributed by atoms with E-state index in [0.29, 0.717) is 0 Å². The molecule has 0 saturated heterocycles. The monoisotopic (exact) mass is 162 g/mol. The van der Waals surface area contributed by atoms with Crippen LogP contribution >= 0.6 is 0 Å². The average molecular weight is 162 g/mol. The first-order valence-corrected chi connectivity index (χ1v) is 6.69. The summed E-state index contributed by atoms with van der Waals surface area (Å²) in [6, 6.07) is 0. The summed E-state index contributed by atoms with van der Waals surface area (Å²) in [6.45, 7) is 10.2. The first-order valence-electron chi connectivity index (χ1n) is 3.78. The molecule has 0 unspecified atom stereocenters. The maximum atomic E-state index is 5.40. The predicted molar refractivity (Wildman–Crippen MR) is 45.9 cm³/mol. The van der Waals surface area contributed by atoms with Crippen molar-refractivity contribution in [3.05, 3.63) is 0 Å². The van der Waals surface area contributed by atoms with E-state index in [-0.39, 0.29) is 0 Å². The Balaban J connectivity index is 3.42. The molecular formula is C6H18N2OSi. The average Bonchev–Trinajstić information content (AvgIpc) is 1.84. The molecule has 0 rings (SSSR count). The molecule has 10 heavy (non-hydrogen) atoms. The van der Waals surface area contributed by atoms with Crippen molar-refractivity contribution in [2.75, 3.05) is 13.1 Å². The van der Waals surface area contributed by atoms with Crippen molar-refractivity contribution in [3.8, 4) is 0 Å². The van der Waals surface area contributed by atoms with Gasteiger partial charge >= 0.3 is 0 Å². The minimum Gasteiger partial charge on any atom is -0.327 e. The third kappa shape index (κ3) is 4.93. The summed E-state index contributed by atoms with van der Waals surface area (Å²) in [4.78, 5) is 3.31. The summed E-state index contributed by atoms with van der Waals surface area (Å²) < 4.78 is 5.40. The molecule has 0 radical (unpaired) electrons. The highest BCUT2D eigenvalue weighted by Gasteiger charge is 2.20. The van der Waals surface area contributed by atoms with Gasteiger partial charge in [-0.05, 0) is 19.6 Å². The lowest BCUT2D eigenvalue weighted by atomic mass is 10.8. The van der Waals surface area contributed by atoms with E-state index in [4.69, 9.17) is 4.53 Å². The summed E-state index contributed by atoms with van der Waals surface area (Å²) in [7, 11) is -1.59. The topological polar surface area (TPSA) is 33.3 Å².